The van der Waals surface area contributed by atoms with Crippen molar-refractivity contribution in [1.29, 1.82) is 0 Å². The van der Waals surface area contributed by atoms with E-state index in [0.29, 0.717) is 12.0 Å². The molecule has 1 aliphatic rings. The Bertz CT molecular complexity index is 366. The maximum Gasteiger partial charge on any atom is 0.0390 e. The first-order chi connectivity index (χ1) is 8.15. The minimum absolute atomic E-state index is 0.509. The van der Waals surface area contributed by atoms with Gasteiger partial charge in [0, 0.05) is 6.04 Å². The summed E-state index contributed by atoms with van der Waals surface area (Å²) in [5.74, 6) is 0.605. The summed E-state index contributed by atoms with van der Waals surface area (Å²) >= 11 is 0. The predicted molar refractivity (Wildman–Crippen MR) is 73.1 cm³/mol. The van der Waals surface area contributed by atoms with Crippen LogP contribution >= 0.6 is 0 Å². The van der Waals surface area contributed by atoms with E-state index in [4.69, 9.17) is 5.73 Å². The Morgan fingerprint density at radius 3 is 2.53 bits per heavy atom. The second kappa shape index (κ2) is 5.19. The molecule has 1 heterocycles. The smallest absolute Gasteiger partial charge is 0.0390 e. The van der Waals surface area contributed by atoms with Crippen molar-refractivity contribution in [3.63, 3.8) is 0 Å². The van der Waals surface area contributed by atoms with Gasteiger partial charge in [0.25, 0.3) is 0 Å². The van der Waals surface area contributed by atoms with Crippen LogP contribution in [0, 0.1) is 19.8 Å². The number of rotatable bonds is 2. The van der Waals surface area contributed by atoms with Gasteiger partial charge in [-0.3, -0.25) is 4.90 Å². The number of nitrogens with zero attached hydrogens (tertiary/aromatic N) is 1. The molecule has 94 valence electrons. The Balaban J connectivity index is 2.41. The van der Waals surface area contributed by atoms with Gasteiger partial charge >= 0.3 is 0 Å². The molecule has 0 spiro atoms. The van der Waals surface area contributed by atoms with Crippen LogP contribution in [0.25, 0.3) is 0 Å². The molecule has 1 aromatic carbocycles. The minimum atomic E-state index is 0.509. The standard InChI is InChI=1S/C15H24N2/c1-11-6-4-7-12(2)14(11)15-13(10-16)8-5-9-17(15)3/h4,6-7,13,15H,5,8-10,16H2,1-3H3. The highest BCUT2D eigenvalue weighted by Gasteiger charge is 2.31. The second-order valence-electron chi connectivity index (χ2n) is 5.37. The van der Waals surface area contributed by atoms with Crippen LogP contribution in [-0.4, -0.2) is 25.0 Å². The van der Waals surface area contributed by atoms with Gasteiger partial charge in [-0.15, -0.1) is 0 Å². The number of benzene rings is 1. The maximum absolute atomic E-state index is 5.97. The Labute approximate surface area is 105 Å². The molecule has 2 N–H and O–H groups in total. The van der Waals surface area contributed by atoms with Crippen LogP contribution in [0.4, 0.5) is 0 Å². The fourth-order valence-corrected chi connectivity index (χ4v) is 3.26. The van der Waals surface area contributed by atoms with E-state index in [1.54, 1.807) is 0 Å². The van der Waals surface area contributed by atoms with Gasteiger partial charge in [0.1, 0.15) is 0 Å². The highest BCUT2D eigenvalue weighted by atomic mass is 15.1. The third-order valence-electron chi connectivity index (χ3n) is 4.15. The molecule has 1 aromatic rings. The monoisotopic (exact) mass is 232 g/mol. The highest BCUT2D eigenvalue weighted by Crippen LogP contribution is 2.37. The number of piperidine rings is 1. The molecule has 2 unspecified atom stereocenters. The third-order valence-corrected chi connectivity index (χ3v) is 4.15. The molecule has 0 radical (unpaired) electrons. The molecule has 1 aliphatic heterocycles. The van der Waals surface area contributed by atoms with Gasteiger partial charge in [-0.25, -0.2) is 0 Å². The number of hydrogen-bond acceptors (Lipinski definition) is 2. The van der Waals surface area contributed by atoms with Crippen LogP contribution in [0.5, 0.6) is 0 Å². The molecule has 2 heteroatoms. The quantitative estimate of drug-likeness (QED) is 0.849. The Kier molecular flexibility index (Phi) is 3.85. The summed E-state index contributed by atoms with van der Waals surface area (Å²) in [4.78, 5) is 2.48. The van der Waals surface area contributed by atoms with Crippen molar-refractivity contribution in [3.8, 4) is 0 Å². The first-order valence-corrected chi connectivity index (χ1v) is 6.61. The fraction of sp³-hybridized carbons (Fsp3) is 0.600. The van der Waals surface area contributed by atoms with E-state index in [1.807, 2.05) is 0 Å². The summed E-state index contributed by atoms with van der Waals surface area (Å²) in [5.41, 5.74) is 10.3. The normalized spacial score (nSPS) is 26.1. The summed E-state index contributed by atoms with van der Waals surface area (Å²) < 4.78 is 0. The van der Waals surface area contributed by atoms with Gasteiger partial charge in [0.05, 0.1) is 0 Å². The summed E-state index contributed by atoms with van der Waals surface area (Å²) in [6.07, 6.45) is 2.54. The number of aryl methyl sites for hydroxylation is 2. The highest BCUT2D eigenvalue weighted by molar-refractivity contribution is 5.37. The van der Waals surface area contributed by atoms with Gasteiger partial charge in [-0.2, -0.15) is 0 Å². The van der Waals surface area contributed by atoms with Gasteiger partial charge in [0.2, 0.25) is 0 Å². The average Bonchev–Trinajstić information content (AvgIpc) is 2.30. The van der Waals surface area contributed by atoms with Crippen LogP contribution in [0.3, 0.4) is 0 Å². The summed E-state index contributed by atoms with van der Waals surface area (Å²) in [5, 5.41) is 0. The van der Waals surface area contributed by atoms with E-state index in [1.165, 1.54) is 36.1 Å². The predicted octanol–water partition coefficient (Wildman–Crippen LogP) is 2.65. The Hall–Kier alpha value is -0.860. The number of likely N-dealkylation sites (tertiary alicyclic amines) is 1. The fourth-order valence-electron chi connectivity index (χ4n) is 3.26. The second-order valence-corrected chi connectivity index (χ2v) is 5.37. The SMILES string of the molecule is Cc1cccc(C)c1C1C(CN)CCCN1C. The largest absolute Gasteiger partial charge is 0.330 e. The van der Waals surface area contributed by atoms with Crippen molar-refractivity contribution >= 4 is 0 Å². The van der Waals surface area contributed by atoms with E-state index in [2.05, 4.69) is 44.0 Å². The summed E-state index contributed by atoms with van der Waals surface area (Å²) in [6, 6.07) is 7.10. The molecular formula is C15H24N2. The van der Waals surface area contributed by atoms with E-state index >= 15 is 0 Å². The van der Waals surface area contributed by atoms with Gasteiger partial charge in [0.15, 0.2) is 0 Å². The molecule has 2 rings (SSSR count). The molecule has 0 bridgehead atoms. The molecule has 0 aromatic heterocycles. The molecule has 0 amide bonds. The van der Waals surface area contributed by atoms with Crippen molar-refractivity contribution in [2.45, 2.75) is 32.7 Å². The molecule has 2 atom stereocenters. The third kappa shape index (κ3) is 2.38. The van der Waals surface area contributed by atoms with Crippen LogP contribution in [0.15, 0.2) is 18.2 Å². The lowest BCUT2D eigenvalue weighted by molar-refractivity contribution is 0.124. The summed E-state index contributed by atoms with van der Waals surface area (Å²) in [7, 11) is 2.23. The molecule has 1 fully saturated rings. The molecule has 1 saturated heterocycles. The Morgan fingerprint density at radius 2 is 1.94 bits per heavy atom. The van der Waals surface area contributed by atoms with Crippen molar-refractivity contribution in [2.24, 2.45) is 11.7 Å². The van der Waals surface area contributed by atoms with E-state index in [0.717, 1.165) is 6.54 Å². The lowest BCUT2D eigenvalue weighted by Crippen LogP contribution is -2.39. The topological polar surface area (TPSA) is 29.3 Å². The zero-order chi connectivity index (χ0) is 12.4. The van der Waals surface area contributed by atoms with E-state index < -0.39 is 0 Å². The lowest BCUT2D eigenvalue weighted by atomic mass is 9.81. The van der Waals surface area contributed by atoms with Gasteiger partial charge in [-0.05, 0) is 69.4 Å². The molecule has 0 saturated carbocycles. The maximum atomic E-state index is 5.97. The van der Waals surface area contributed by atoms with Gasteiger partial charge in [-0.1, -0.05) is 18.2 Å². The molecule has 17 heavy (non-hydrogen) atoms. The first kappa shape index (κ1) is 12.6. The summed E-state index contributed by atoms with van der Waals surface area (Å²) in [6.45, 7) is 6.43. The van der Waals surface area contributed by atoms with Crippen LogP contribution < -0.4 is 5.73 Å². The zero-order valence-electron chi connectivity index (χ0n) is 11.2. The average molecular weight is 232 g/mol. The lowest BCUT2D eigenvalue weighted by Gasteiger charge is -2.40. The zero-order valence-corrected chi connectivity index (χ0v) is 11.2. The van der Waals surface area contributed by atoms with E-state index in [9.17, 15) is 0 Å². The van der Waals surface area contributed by atoms with Crippen molar-refractivity contribution in [2.75, 3.05) is 20.1 Å². The van der Waals surface area contributed by atoms with Crippen LogP contribution in [0.2, 0.25) is 0 Å². The number of hydrogen-bond donors (Lipinski definition) is 1. The van der Waals surface area contributed by atoms with Crippen molar-refractivity contribution < 1.29 is 0 Å². The number of nitrogens with two attached hydrogens (primary N) is 1. The van der Waals surface area contributed by atoms with Crippen LogP contribution in [0.1, 0.15) is 35.6 Å². The van der Waals surface area contributed by atoms with Crippen LogP contribution in [-0.2, 0) is 0 Å². The first-order valence-electron chi connectivity index (χ1n) is 6.61. The molecule has 0 aliphatic carbocycles. The van der Waals surface area contributed by atoms with E-state index in [-0.39, 0.29) is 0 Å². The Morgan fingerprint density at radius 1 is 1.29 bits per heavy atom. The molecule has 2 nitrogen and oxygen atoms in total. The minimum Gasteiger partial charge on any atom is -0.330 e. The molecular weight excluding hydrogens is 208 g/mol. The van der Waals surface area contributed by atoms with Crippen molar-refractivity contribution in [3.05, 3.63) is 34.9 Å². The van der Waals surface area contributed by atoms with Crippen molar-refractivity contribution in [1.82, 2.24) is 4.90 Å². The van der Waals surface area contributed by atoms with Gasteiger partial charge < -0.3 is 5.73 Å².